The van der Waals surface area contributed by atoms with E-state index in [-0.39, 0.29) is 17.0 Å². The molecule has 0 aliphatic carbocycles. The van der Waals surface area contributed by atoms with Crippen molar-refractivity contribution in [3.8, 4) is 22.8 Å². The van der Waals surface area contributed by atoms with Gasteiger partial charge in [0.15, 0.2) is 0 Å². The monoisotopic (exact) mass is 313 g/mol. The van der Waals surface area contributed by atoms with Crippen LogP contribution in [0.4, 0.5) is 13.2 Å². The molecule has 2 rings (SSSR count). The number of ether oxygens (including phenoxy) is 2. The number of halogens is 3. The number of carbonyl (C=O) groups is 1. The Morgan fingerprint density at radius 2 is 2.00 bits per heavy atom. The lowest BCUT2D eigenvalue weighted by Crippen LogP contribution is -2.17. The molecule has 0 aliphatic heterocycles. The first-order valence-electron chi connectivity index (χ1n) is 5.93. The molecule has 0 unspecified atom stereocenters. The second kappa shape index (κ2) is 5.92. The van der Waals surface area contributed by atoms with Gasteiger partial charge in [-0.2, -0.15) is 0 Å². The van der Waals surface area contributed by atoms with Crippen LogP contribution in [0.3, 0.4) is 0 Å². The number of carboxylic acid groups (broad SMARTS) is 1. The molecule has 8 heteroatoms. The van der Waals surface area contributed by atoms with Gasteiger partial charge in [0.2, 0.25) is 5.88 Å². The summed E-state index contributed by atoms with van der Waals surface area (Å²) in [6.07, 6.45) is -3.48. The lowest BCUT2D eigenvalue weighted by Gasteiger charge is -2.12. The molecule has 116 valence electrons. The number of alkyl halides is 3. The largest absolute Gasteiger partial charge is 0.573 e. The highest BCUT2D eigenvalue weighted by atomic mass is 19.4. The Morgan fingerprint density at radius 3 is 2.59 bits per heavy atom. The maximum Gasteiger partial charge on any atom is 0.573 e. The van der Waals surface area contributed by atoms with E-state index < -0.39 is 18.1 Å². The van der Waals surface area contributed by atoms with Crippen LogP contribution in [0.5, 0.6) is 11.6 Å². The highest BCUT2D eigenvalue weighted by Gasteiger charge is 2.31. The van der Waals surface area contributed by atoms with Gasteiger partial charge >= 0.3 is 12.3 Å². The summed E-state index contributed by atoms with van der Waals surface area (Å²) in [6, 6.07) is 6.17. The molecule has 0 saturated heterocycles. The average molecular weight is 313 g/mol. The summed E-state index contributed by atoms with van der Waals surface area (Å²) in [4.78, 5) is 15.0. The average Bonchev–Trinajstić information content (AvgIpc) is 2.45. The van der Waals surface area contributed by atoms with Crippen LogP contribution in [0.15, 0.2) is 36.5 Å². The highest BCUT2D eigenvalue weighted by Crippen LogP contribution is 2.33. The van der Waals surface area contributed by atoms with E-state index in [2.05, 4.69) is 9.72 Å². The van der Waals surface area contributed by atoms with E-state index in [0.29, 0.717) is 5.56 Å². The zero-order valence-corrected chi connectivity index (χ0v) is 11.2. The molecule has 0 aliphatic rings. The zero-order chi connectivity index (χ0) is 16.3. The molecule has 5 nitrogen and oxygen atoms in total. The predicted octanol–water partition coefficient (Wildman–Crippen LogP) is 3.35. The summed E-state index contributed by atoms with van der Waals surface area (Å²) in [5.41, 5.74) is 0.187. The van der Waals surface area contributed by atoms with Crippen molar-refractivity contribution in [1.29, 1.82) is 0 Å². The molecule has 1 N–H and O–H groups in total. The Hall–Kier alpha value is -2.77. The molecule has 22 heavy (non-hydrogen) atoms. The number of benzene rings is 1. The highest BCUT2D eigenvalue weighted by molar-refractivity contribution is 5.90. The van der Waals surface area contributed by atoms with Crippen LogP contribution in [0.1, 0.15) is 10.4 Å². The predicted molar refractivity (Wildman–Crippen MR) is 69.9 cm³/mol. The van der Waals surface area contributed by atoms with Gasteiger partial charge in [0.25, 0.3) is 0 Å². The number of nitrogens with zero attached hydrogens (tertiary/aromatic N) is 1. The number of aromatic nitrogens is 1. The van der Waals surface area contributed by atoms with Crippen molar-refractivity contribution in [2.75, 3.05) is 7.11 Å². The van der Waals surface area contributed by atoms with Crippen molar-refractivity contribution in [3.63, 3.8) is 0 Å². The lowest BCUT2D eigenvalue weighted by molar-refractivity contribution is -0.274. The fraction of sp³-hybridized carbons (Fsp3) is 0.143. The van der Waals surface area contributed by atoms with Crippen molar-refractivity contribution >= 4 is 5.97 Å². The van der Waals surface area contributed by atoms with Crippen LogP contribution in [-0.4, -0.2) is 29.5 Å². The van der Waals surface area contributed by atoms with E-state index in [9.17, 15) is 18.0 Å². The minimum absolute atomic E-state index is 0.156. The summed E-state index contributed by atoms with van der Waals surface area (Å²) in [6.45, 7) is 0. The maximum atomic E-state index is 12.3. The number of carboxylic acids is 1. The summed E-state index contributed by atoms with van der Waals surface area (Å²) in [7, 11) is 1.35. The molecular formula is C14H10F3NO4. The number of rotatable bonds is 4. The first-order chi connectivity index (χ1) is 10.3. The Bertz CT molecular complexity index is 701. The third-order valence-electron chi connectivity index (χ3n) is 2.66. The van der Waals surface area contributed by atoms with Gasteiger partial charge in [-0.15, -0.1) is 13.2 Å². The number of hydrogen-bond donors (Lipinski definition) is 1. The van der Waals surface area contributed by atoms with Crippen LogP contribution in [0.2, 0.25) is 0 Å². The smallest absolute Gasteiger partial charge is 0.481 e. The third kappa shape index (κ3) is 3.66. The fourth-order valence-electron chi connectivity index (χ4n) is 1.84. The SMILES string of the molecule is COc1ncccc1-c1cc(OC(F)(F)F)cc(C(=O)O)c1. The summed E-state index contributed by atoms with van der Waals surface area (Å²) in [5, 5.41) is 9.02. The normalized spacial score (nSPS) is 11.1. The molecule has 1 heterocycles. The number of pyridine rings is 1. The minimum Gasteiger partial charge on any atom is -0.481 e. The molecule has 0 radical (unpaired) electrons. The second-order valence-corrected chi connectivity index (χ2v) is 4.16. The summed E-state index contributed by atoms with van der Waals surface area (Å²) in [5.74, 6) is -1.85. The van der Waals surface area contributed by atoms with E-state index in [1.807, 2.05) is 0 Å². The van der Waals surface area contributed by atoms with Gasteiger partial charge in [-0.05, 0) is 35.9 Å². The van der Waals surface area contributed by atoms with Crippen molar-refractivity contribution < 1.29 is 32.5 Å². The summed E-state index contributed by atoms with van der Waals surface area (Å²) >= 11 is 0. The lowest BCUT2D eigenvalue weighted by atomic mass is 10.0. The molecule has 1 aromatic heterocycles. The van der Waals surface area contributed by atoms with Gasteiger partial charge in [-0.1, -0.05) is 0 Å². The van der Waals surface area contributed by atoms with Crippen molar-refractivity contribution in [3.05, 3.63) is 42.1 Å². The number of aromatic carboxylic acids is 1. The van der Waals surface area contributed by atoms with Gasteiger partial charge in [-0.3, -0.25) is 0 Å². The molecular weight excluding hydrogens is 303 g/mol. The Kier molecular flexibility index (Phi) is 4.20. The Labute approximate surface area is 122 Å². The number of hydrogen-bond acceptors (Lipinski definition) is 4. The topological polar surface area (TPSA) is 68.7 Å². The number of methoxy groups -OCH3 is 1. The van der Waals surface area contributed by atoms with E-state index >= 15 is 0 Å². The van der Waals surface area contributed by atoms with E-state index in [1.54, 1.807) is 12.1 Å². The Balaban J connectivity index is 2.57. The van der Waals surface area contributed by atoms with Gasteiger partial charge in [0.1, 0.15) is 5.75 Å². The first-order valence-corrected chi connectivity index (χ1v) is 5.93. The van der Waals surface area contributed by atoms with Crippen LogP contribution in [-0.2, 0) is 0 Å². The van der Waals surface area contributed by atoms with Crippen LogP contribution in [0, 0.1) is 0 Å². The van der Waals surface area contributed by atoms with E-state index in [1.165, 1.54) is 19.4 Å². The molecule has 0 spiro atoms. The second-order valence-electron chi connectivity index (χ2n) is 4.16. The first kappa shape index (κ1) is 15.6. The fourth-order valence-corrected chi connectivity index (χ4v) is 1.84. The van der Waals surface area contributed by atoms with Gasteiger partial charge in [0.05, 0.1) is 12.7 Å². The molecule has 0 fully saturated rings. The third-order valence-corrected chi connectivity index (χ3v) is 2.66. The van der Waals surface area contributed by atoms with Gasteiger partial charge in [0, 0.05) is 11.8 Å². The molecule has 2 aromatic rings. The van der Waals surface area contributed by atoms with Gasteiger partial charge in [-0.25, -0.2) is 9.78 Å². The maximum absolute atomic E-state index is 12.3. The zero-order valence-electron chi connectivity index (χ0n) is 11.2. The van der Waals surface area contributed by atoms with E-state index in [0.717, 1.165) is 12.1 Å². The van der Waals surface area contributed by atoms with Gasteiger partial charge < -0.3 is 14.6 Å². The Morgan fingerprint density at radius 1 is 1.27 bits per heavy atom. The van der Waals surface area contributed by atoms with Crippen molar-refractivity contribution in [2.45, 2.75) is 6.36 Å². The quantitative estimate of drug-likeness (QED) is 0.937. The van der Waals surface area contributed by atoms with Crippen LogP contribution in [0.25, 0.3) is 11.1 Å². The molecule has 0 saturated carbocycles. The van der Waals surface area contributed by atoms with Crippen LogP contribution >= 0.6 is 0 Å². The minimum atomic E-state index is -4.92. The van der Waals surface area contributed by atoms with Crippen LogP contribution < -0.4 is 9.47 Å². The molecule has 0 bridgehead atoms. The van der Waals surface area contributed by atoms with Crippen molar-refractivity contribution in [1.82, 2.24) is 4.98 Å². The summed E-state index contributed by atoms with van der Waals surface area (Å²) < 4.78 is 45.9. The molecule has 0 atom stereocenters. The molecule has 0 amide bonds. The van der Waals surface area contributed by atoms with E-state index in [4.69, 9.17) is 9.84 Å². The standard InChI is InChI=1S/C14H10F3NO4/c1-21-12-11(3-2-4-18-12)8-5-9(13(19)20)7-10(6-8)22-14(15,16)17/h2-7H,1H3,(H,19,20). The van der Waals surface area contributed by atoms with Crippen molar-refractivity contribution in [2.24, 2.45) is 0 Å². The molecule has 1 aromatic carbocycles.